The average molecular weight is 596 g/mol. The van der Waals surface area contributed by atoms with Crippen molar-refractivity contribution in [2.24, 2.45) is 0 Å². The second kappa shape index (κ2) is 14.7. The number of methoxy groups -OCH3 is 2. The fourth-order valence-corrected chi connectivity index (χ4v) is 5.78. The maximum atomic E-state index is 14.1. The molecule has 3 aromatic rings. The van der Waals surface area contributed by atoms with Crippen molar-refractivity contribution in [2.75, 3.05) is 31.6 Å². The van der Waals surface area contributed by atoms with Crippen LogP contribution in [0.3, 0.4) is 0 Å². The average Bonchev–Trinajstić information content (AvgIpc) is 2.99. The van der Waals surface area contributed by atoms with Gasteiger partial charge in [-0.05, 0) is 57.0 Å². The van der Waals surface area contributed by atoms with Crippen molar-refractivity contribution in [1.82, 2.24) is 10.2 Å². The summed E-state index contributed by atoms with van der Waals surface area (Å²) in [6.07, 6.45) is 1.73. The normalized spacial score (nSPS) is 11.9. The zero-order valence-corrected chi connectivity index (χ0v) is 26.0. The third-order valence-electron chi connectivity index (χ3n) is 7.01. The van der Waals surface area contributed by atoms with Gasteiger partial charge in [-0.1, -0.05) is 60.9 Å². The van der Waals surface area contributed by atoms with Gasteiger partial charge in [0, 0.05) is 19.2 Å². The van der Waals surface area contributed by atoms with Crippen LogP contribution in [0, 0.1) is 13.8 Å². The van der Waals surface area contributed by atoms with Crippen molar-refractivity contribution in [1.29, 1.82) is 0 Å². The van der Waals surface area contributed by atoms with E-state index in [1.165, 1.54) is 37.3 Å². The van der Waals surface area contributed by atoms with Crippen LogP contribution in [0.2, 0.25) is 0 Å². The highest BCUT2D eigenvalue weighted by atomic mass is 32.2. The van der Waals surface area contributed by atoms with Crippen molar-refractivity contribution < 1.29 is 27.5 Å². The molecular weight excluding hydrogens is 554 g/mol. The Morgan fingerprint density at radius 1 is 0.881 bits per heavy atom. The van der Waals surface area contributed by atoms with Gasteiger partial charge in [0.05, 0.1) is 24.8 Å². The second-order valence-corrected chi connectivity index (χ2v) is 12.1. The fourth-order valence-electron chi connectivity index (χ4n) is 4.35. The van der Waals surface area contributed by atoms with E-state index >= 15 is 0 Å². The molecule has 0 aliphatic carbocycles. The van der Waals surface area contributed by atoms with E-state index in [0.29, 0.717) is 18.0 Å². The molecule has 0 heterocycles. The predicted octanol–water partition coefficient (Wildman–Crippen LogP) is 4.85. The van der Waals surface area contributed by atoms with Crippen LogP contribution in [0.1, 0.15) is 43.4 Å². The molecule has 226 valence electrons. The van der Waals surface area contributed by atoms with Crippen molar-refractivity contribution >= 4 is 27.5 Å². The van der Waals surface area contributed by atoms with Gasteiger partial charge in [0.15, 0.2) is 11.5 Å². The molecule has 0 aromatic heterocycles. The number of hydrogen-bond donors (Lipinski definition) is 1. The Hall–Kier alpha value is -4.05. The number of carbonyl (C=O) groups is 2. The molecule has 9 nitrogen and oxygen atoms in total. The molecule has 1 atom stereocenters. The van der Waals surface area contributed by atoms with Crippen LogP contribution < -0.4 is 19.1 Å². The van der Waals surface area contributed by atoms with Gasteiger partial charge in [0.1, 0.15) is 12.6 Å². The Labute approximate surface area is 249 Å². The summed E-state index contributed by atoms with van der Waals surface area (Å²) in [5.41, 5.74) is 3.14. The number of sulfonamides is 1. The highest BCUT2D eigenvalue weighted by Crippen LogP contribution is 2.32. The molecule has 0 spiro atoms. The Morgan fingerprint density at radius 3 is 2.05 bits per heavy atom. The van der Waals surface area contributed by atoms with Gasteiger partial charge in [-0.3, -0.25) is 13.9 Å². The van der Waals surface area contributed by atoms with E-state index in [1.54, 1.807) is 31.2 Å². The second-order valence-electron chi connectivity index (χ2n) is 10.2. The minimum absolute atomic E-state index is 0.0658. The van der Waals surface area contributed by atoms with Gasteiger partial charge in [-0.25, -0.2) is 8.42 Å². The number of rotatable bonds is 14. The van der Waals surface area contributed by atoms with Gasteiger partial charge in [0.25, 0.3) is 10.0 Å². The number of ether oxygens (including phenoxy) is 2. The Balaban J connectivity index is 2.03. The highest BCUT2D eigenvalue weighted by molar-refractivity contribution is 7.92. The Bertz CT molecular complexity index is 1460. The lowest BCUT2D eigenvalue weighted by molar-refractivity contribution is -0.139. The standard InChI is InChI=1S/C32H41N3O6S/c1-7-8-19-33-32(37)25(4)34(21-26-13-9-23(2)10-14-26)31(36)22-35(27-15-11-24(3)12-16-27)42(38,39)28-17-18-29(40-5)30(20-28)41-6/h9-18,20,25H,7-8,19,21-22H2,1-6H3,(H,33,37)/t25-/m1/s1. The summed E-state index contributed by atoms with van der Waals surface area (Å²) in [6.45, 7) is 7.67. The van der Waals surface area contributed by atoms with Crippen LogP contribution in [-0.4, -0.2) is 58.5 Å². The first-order valence-corrected chi connectivity index (χ1v) is 15.4. The van der Waals surface area contributed by atoms with Crippen LogP contribution in [0.25, 0.3) is 0 Å². The molecule has 3 aromatic carbocycles. The smallest absolute Gasteiger partial charge is 0.264 e. The molecule has 3 rings (SSSR count). The minimum Gasteiger partial charge on any atom is -0.493 e. The van der Waals surface area contributed by atoms with Crippen molar-refractivity contribution in [2.45, 2.75) is 58.0 Å². The molecule has 0 saturated carbocycles. The molecule has 1 N–H and O–H groups in total. The van der Waals surface area contributed by atoms with E-state index in [9.17, 15) is 18.0 Å². The van der Waals surface area contributed by atoms with E-state index in [4.69, 9.17) is 9.47 Å². The van der Waals surface area contributed by atoms with Crippen LogP contribution in [0.15, 0.2) is 71.6 Å². The van der Waals surface area contributed by atoms with Crippen molar-refractivity contribution in [3.05, 3.63) is 83.4 Å². The van der Waals surface area contributed by atoms with Gasteiger partial charge in [-0.2, -0.15) is 0 Å². The number of hydrogen-bond acceptors (Lipinski definition) is 6. The van der Waals surface area contributed by atoms with Crippen LogP contribution in [0.5, 0.6) is 11.5 Å². The van der Waals surface area contributed by atoms with E-state index in [2.05, 4.69) is 5.32 Å². The molecule has 42 heavy (non-hydrogen) atoms. The highest BCUT2D eigenvalue weighted by Gasteiger charge is 2.33. The first kappa shape index (κ1) is 32.5. The molecule has 0 radical (unpaired) electrons. The van der Waals surface area contributed by atoms with Crippen LogP contribution >= 0.6 is 0 Å². The zero-order valence-electron chi connectivity index (χ0n) is 25.2. The van der Waals surface area contributed by atoms with Gasteiger partial charge in [-0.15, -0.1) is 0 Å². The lowest BCUT2D eigenvalue weighted by atomic mass is 10.1. The Morgan fingerprint density at radius 2 is 1.48 bits per heavy atom. The van der Waals surface area contributed by atoms with E-state index < -0.39 is 28.5 Å². The number of amides is 2. The summed E-state index contributed by atoms with van der Waals surface area (Å²) in [5, 5.41) is 2.89. The van der Waals surface area contributed by atoms with E-state index in [-0.39, 0.29) is 23.1 Å². The first-order valence-electron chi connectivity index (χ1n) is 14.0. The maximum absolute atomic E-state index is 14.1. The summed E-state index contributed by atoms with van der Waals surface area (Å²) in [5.74, 6) is -0.194. The third-order valence-corrected chi connectivity index (χ3v) is 8.78. The zero-order chi connectivity index (χ0) is 30.9. The molecule has 0 aliphatic rings. The van der Waals surface area contributed by atoms with Crippen LogP contribution in [0.4, 0.5) is 5.69 Å². The number of carbonyl (C=O) groups excluding carboxylic acids is 2. The number of benzene rings is 3. The molecule has 0 unspecified atom stereocenters. The largest absolute Gasteiger partial charge is 0.493 e. The lowest BCUT2D eigenvalue weighted by Gasteiger charge is -2.32. The van der Waals surface area contributed by atoms with E-state index in [0.717, 1.165) is 33.8 Å². The summed E-state index contributed by atoms with van der Waals surface area (Å²) >= 11 is 0. The molecule has 10 heteroatoms. The predicted molar refractivity (Wildman–Crippen MR) is 164 cm³/mol. The number of nitrogens with one attached hydrogen (secondary N) is 1. The lowest BCUT2D eigenvalue weighted by Crippen LogP contribution is -2.51. The summed E-state index contributed by atoms with van der Waals surface area (Å²) < 4.78 is 39.9. The fraction of sp³-hybridized carbons (Fsp3) is 0.375. The topological polar surface area (TPSA) is 105 Å². The molecule has 0 aliphatic heterocycles. The molecule has 0 bridgehead atoms. The van der Waals surface area contributed by atoms with Gasteiger partial charge < -0.3 is 19.7 Å². The van der Waals surface area contributed by atoms with Gasteiger partial charge in [0.2, 0.25) is 11.8 Å². The van der Waals surface area contributed by atoms with Crippen molar-refractivity contribution in [3.63, 3.8) is 0 Å². The Kier molecular flexibility index (Phi) is 11.4. The summed E-state index contributed by atoms with van der Waals surface area (Å²) in [4.78, 5) is 28.5. The minimum atomic E-state index is -4.25. The number of unbranched alkanes of at least 4 members (excludes halogenated alkanes) is 1. The quantitative estimate of drug-likeness (QED) is 0.267. The summed E-state index contributed by atoms with van der Waals surface area (Å²) in [7, 11) is -1.36. The molecule has 2 amide bonds. The SMILES string of the molecule is CCCCNC(=O)[C@@H](C)N(Cc1ccc(C)cc1)C(=O)CN(c1ccc(C)cc1)S(=O)(=O)c1ccc(OC)c(OC)c1. The van der Waals surface area contributed by atoms with Crippen molar-refractivity contribution in [3.8, 4) is 11.5 Å². The van der Waals surface area contributed by atoms with Crippen LogP contribution in [-0.2, 0) is 26.2 Å². The molecule has 0 saturated heterocycles. The summed E-state index contributed by atoms with van der Waals surface area (Å²) in [6, 6.07) is 18.0. The number of aryl methyl sites for hydroxylation is 2. The number of nitrogens with zero attached hydrogens (tertiary/aromatic N) is 2. The molecule has 0 fully saturated rings. The molecular formula is C32H41N3O6S. The van der Waals surface area contributed by atoms with Gasteiger partial charge >= 0.3 is 0 Å². The maximum Gasteiger partial charge on any atom is 0.264 e. The first-order chi connectivity index (χ1) is 20.0. The van der Waals surface area contributed by atoms with E-state index in [1.807, 2.05) is 45.0 Å². The third kappa shape index (κ3) is 8.03. The number of anilines is 1. The monoisotopic (exact) mass is 595 g/mol.